The van der Waals surface area contributed by atoms with E-state index in [-0.39, 0.29) is 12.2 Å². The zero-order valence-corrected chi connectivity index (χ0v) is 10.7. The number of imidazole rings is 1. The predicted molar refractivity (Wildman–Crippen MR) is 68.5 cm³/mol. The zero-order valence-electron chi connectivity index (χ0n) is 10.7. The molecule has 0 amide bonds. The molecular weight excluding hydrogens is 229 g/mol. The number of hydrogen-bond acceptors (Lipinski definition) is 2. The lowest BCUT2D eigenvalue weighted by Crippen LogP contribution is -2.05. The van der Waals surface area contributed by atoms with Crippen molar-refractivity contribution in [2.75, 3.05) is 0 Å². The van der Waals surface area contributed by atoms with E-state index in [1.807, 2.05) is 4.57 Å². The summed E-state index contributed by atoms with van der Waals surface area (Å²) in [5.74, 6) is 1.01. The largest absolute Gasteiger partial charge is 0.327 e. The fourth-order valence-electron chi connectivity index (χ4n) is 2.00. The second-order valence-electron chi connectivity index (χ2n) is 4.83. The summed E-state index contributed by atoms with van der Waals surface area (Å²) in [5, 5.41) is 8.82. The number of halogens is 1. The molecule has 0 atom stereocenters. The number of nitrogens with zero attached hydrogens (tertiary/aromatic N) is 3. The highest BCUT2D eigenvalue weighted by atomic mass is 19.1. The molecule has 0 bridgehead atoms. The Labute approximate surface area is 106 Å². The van der Waals surface area contributed by atoms with Crippen molar-refractivity contribution in [3.8, 4) is 6.07 Å². The average Bonchev–Trinajstić information content (AvgIpc) is 2.63. The fraction of sp³-hybridized carbons (Fsp3) is 0.429. The first-order chi connectivity index (χ1) is 8.61. The normalized spacial score (nSPS) is 11.1. The number of benzene rings is 1. The third kappa shape index (κ3) is 2.51. The van der Waals surface area contributed by atoms with Gasteiger partial charge in [-0.3, -0.25) is 0 Å². The van der Waals surface area contributed by atoms with E-state index in [0.717, 1.165) is 24.3 Å². The highest BCUT2D eigenvalue weighted by molar-refractivity contribution is 5.76. The van der Waals surface area contributed by atoms with E-state index in [0.29, 0.717) is 11.4 Å². The third-order valence-corrected chi connectivity index (χ3v) is 2.96. The molecule has 0 fully saturated rings. The Hall–Kier alpha value is -1.89. The smallest absolute Gasteiger partial charge is 0.125 e. The molecule has 1 aromatic heterocycles. The van der Waals surface area contributed by atoms with Gasteiger partial charge in [-0.25, -0.2) is 9.37 Å². The molecule has 94 valence electrons. The van der Waals surface area contributed by atoms with Gasteiger partial charge in [0.2, 0.25) is 0 Å². The lowest BCUT2D eigenvalue weighted by molar-refractivity contribution is 0.515. The summed E-state index contributed by atoms with van der Waals surface area (Å²) in [6.07, 6.45) is 1.27. The van der Waals surface area contributed by atoms with Gasteiger partial charge in [-0.1, -0.05) is 13.8 Å². The molecule has 0 saturated heterocycles. The van der Waals surface area contributed by atoms with Crippen LogP contribution in [0.1, 0.15) is 26.1 Å². The molecule has 3 nitrogen and oxygen atoms in total. The van der Waals surface area contributed by atoms with Crippen LogP contribution in [0.15, 0.2) is 18.2 Å². The Balaban J connectivity index is 2.45. The van der Waals surface area contributed by atoms with E-state index in [1.54, 1.807) is 6.07 Å². The van der Waals surface area contributed by atoms with Gasteiger partial charge >= 0.3 is 0 Å². The summed E-state index contributed by atoms with van der Waals surface area (Å²) in [6, 6.07) is 6.70. The van der Waals surface area contributed by atoms with Crippen molar-refractivity contribution >= 4 is 11.0 Å². The Bertz CT molecular complexity index is 593. The minimum atomic E-state index is -0.292. The van der Waals surface area contributed by atoms with Crippen molar-refractivity contribution in [3.05, 3.63) is 29.8 Å². The van der Waals surface area contributed by atoms with Crippen molar-refractivity contribution in [1.82, 2.24) is 9.55 Å². The second-order valence-corrected chi connectivity index (χ2v) is 4.83. The first-order valence-electron chi connectivity index (χ1n) is 6.13. The summed E-state index contributed by atoms with van der Waals surface area (Å²) in [4.78, 5) is 4.34. The first kappa shape index (κ1) is 12.6. The van der Waals surface area contributed by atoms with Crippen LogP contribution in [-0.4, -0.2) is 9.55 Å². The maximum Gasteiger partial charge on any atom is 0.125 e. The summed E-state index contributed by atoms with van der Waals surface area (Å²) in [6.45, 7) is 5.13. The molecule has 0 aliphatic rings. The maximum absolute atomic E-state index is 13.2. The highest BCUT2D eigenvalue weighted by Gasteiger charge is 2.11. The van der Waals surface area contributed by atoms with Crippen LogP contribution in [0.5, 0.6) is 0 Å². The molecule has 2 aromatic rings. The highest BCUT2D eigenvalue weighted by Crippen LogP contribution is 2.19. The Morgan fingerprint density at radius 1 is 1.44 bits per heavy atom. The Morgan fingerprint density at radius 3 is 2.89 bits per heavy atom. The van der Waals surface area contributed by atoms with Gasteiger partial charge in [0.15, 0.2) is 0 Å². The molecule has 0 aliphatic carbocycles. The SMILES string of the molecule is CC(C)CCn1c(CC#N)nc2cc(F)ccc21. The molecule has 1 heterocycles. The van der Waals surface area contributed by atoms with Crippen molar-refractivity contribution in [2.24, 2.45) is 5.92 Å². The third-order valence-electron chi connectivity index (χ3n) is 2.96. The molecular formula is C14H16FN3. The summed E-state index contributed by atoms with van der Waals surface area (Å²) in [7, 11) is 0. The Morgan fingerprint density at radius 2 is 2.22 bits per heavy atom. The van der Waals surface area contributed by atoms with E-state index in [4.69, 9.17) is 5.26 Å². The van der Waals surface area contributed by atoms with Crippen LogP contribution in [0.4, 0.5) is 4.39 Å². The van der Waals surface area contributed by atoms with Crippen molar-refractivity contribution in [3.63, 3.8) is 0 Å². The van der Waals surface area contributed by atoms with E-state index < -0.39 is 0 Å². The van der Waals surface area contributed by atoms with Gasteiger partial charge < -0.3 is 4.57 Å². The molecule has 18 heavy (non-hydrogen) atoms. The number of aryl methyl sites for hydroxylation is 1. The van der Waals surface area contributed by atoms with Crippen LogP contribution in [0.3, 0.4) is 0 Å². The van der Waals surface area contributed by atoms with E-state index >= 15 is 0 Å². The van der Waals surface area contributed by atoms with Crippen LogP contribution in [0, 0.1) is 23.1 Å². The van der Waals surface area contributed by atoms with E-state index in [1.165, 1.54) is 12.1 Å². The molecule has 0 N–H and O–H groups in total. The molecule has 0 aliphatic heterocycles. The number of nitriles is 1. The molecule has 0 unspecified atom stereocenters. The number of rotatable bonds is 4. The predicted octanol–water partition coefficient (Wildman–Crippen LogP) is 3.29. The maximum atomic E-state index is 13.2. The van der Waals surface area contributed by atoms with E-state index in [9.17, 15) is 4.39 Å². The molecule has 2 rings (SSSR count). The summed E-state index contributed by atoms with van der Waals surface area (Å²) < 4.78 is 15.2. The van der Waals surface area contributed by atoms with Crippen molar-refractivity contribution < 1.29 is 4.39 Å². The van der Waals surface area contributed by atoms with Crippen LogP contribution in [0.25, 0.3) is 11.0 Å². The van der Waals surface area contributed by atoms with Crippen LogP contribution in [0.2, 0.25) is 0 Å². The zero-order chi connectivity index (χ0) is 13.1. The monoisotopic (exact) mass is 245 g/mol. The van der Waals surface area contributed by atoms with Crippen LogP contribution >= 0.6 is 0 Å². The van der Waals surface area contributed by atoms with Crippen molar-refractivity contribution in [1.29, 1.82) is 5.26 Å². The summed E-state index contributed by atoms with van der Waals surface area (Å²) >= 11 is 0. The fourth-order valence-corrected chi connectivity index (χ4v) is 2.00. The quantitative estimate of drug-likeness (QED) is 0.829. The Kier molecular flexibility index (Phi) is 3.61. The van der Waals surface area contributed by atoms with Gasteiger partial charge in [-0.05, 0) is 24.5 Å². The number of hydrogen-bond donors (Lipinski definition) is 0. The molecule has 4 heteroatoms. The van der Waals surface area contributed by atoms with E-state index in [2.05, 4.69) is 24.9 Å². The number of aromatic nitrogens is 2. The lowest BCUT2D eigenvalue weighted by atomic mass is 10.1. The average molecular weight is 245 g/mol. The molecule has 0 radical (unpaired) electrons. The van der Waals surface area contributed by atoms with Gasteiger partial charge in [0.1, 0.15) is 11.6 Å². The topological polar surface area (TPSA) is 41.6 Å². The summed E-state index contributed by atoms with van der Waals surface area (Å²) in [5.41, 5.74) is 1.53. The first-order valence-corrected chi connectivity index (χ1v) is 6.13. The standard InChI is InChI=1S/C14H16FN3/c1-10(2)6-8-18-13-4-3-11(15)9-12(13)17-14(18)5-7-16/h3-4,9-10H,5-6,8H2,1-2H3. The van der Waals surface area contributed by atoms with Crippen molar-refractivity contribution in [2.45, 2.75) is 33.2 Å². The van der Waals surface area contributed by atoms with Gasteiger partial charge in [-0.15, -0.1) is 0 Å². The number of fused-ring (bicyclic) bond motifs is 1. The van der Waals surface area contributed by atoms with Gasteiger partial charge in [0.25, 0.3) is 0 Å². The molecule has 0 spiro atoms. The van der Waals surface area contributed by atoms with Gasteiger partial charge in [0.05, 0.1) is 23.5 Å². The van der Waals surface area contributed by atoms with Crippen LogP contribution in [-0.2, 0) is 13.0 Å². The minimum absolute atomic E-state index is 0.258. The lowest BCUT2D eigenvalue weighted by Gasteiger charge is -2.09. The van der Waals surface area contributed by atoms with Gasteiger partial charge in [0, 0.05) is 12.6 Å². The molecule has 1 aromatic carbocycles. The second kappa shape index (κ2) is 5.18. The van der Waals surface area contributed by atoms with Crippen LogP contribution < -0.4 is 0 Å². The minimum Gasteiger partial charge on any atom is -0.327 e. The van der Waals surface area contributed by atoms with Gasteiger partial charge in [-0.2, -0.15) is 5.26 Å². The molecule has 0 saturated carbocycles.